The average molecular weight is 322 g/mol. The summed E-state index contributed by atoms with van der Waals surface area (Å²) >= 11 is 1.24. The number of rotatable bonds is 5. The zero-order chi connectivity index (χ0) is 16.0. The van der Waals surface area contributed by atoms with Crippen LogP contribution >= 0.6 is 11.3 Å². The Morgan fingerprint density at radius 2 is 2.41 bits per heavy atom. The monoisotopic (exact) mass is 322 g/mol. The summed E-state index contributed by atoms with van der Waals surface area (Å²) in [5.41, 5.74) is 0.251. The summed E-state index contributed by atoms with van der Waals surface area (Å²) < 4.78 is 20.6. The van der Waals surface area contributed by atoms with Gasteiger partial charge in [-0.3, -0.25) is 0 Å². The minimum atomic E-state index is -0.412. The van der Waals surface area contributed by atoms with Crippen LogP contribution in [0.5, 0.6) is 5.19 Å². The van der Waals surface area contributed by atoms with E-state index < -0.39 is 5.69 Å². The number of hydrogen-bond acceptors (Lipinski definition) is 8. The third-order valence-electron chi connectivity index (χ3n) is 3.38. The summed E-state index contributed by atoms with van der Waals surface area (Å²) in [6.07, 6.45) is 2.19. The first kappa shape index (κ1) is 12.1. The largest absolute Gasteiger partial charge is 0.465 e. The zero-order valence-corrected chi connectivity index (χ0v) is 12.4. The molecule has 0 amide bonds. The van der Waals surface area contributed by atoms with Gasteiger partial charge in [0.25, 0.3) is 5.19 Å². The van der Waals surface area contributed by atoms with Gasteiger partial charge in [-0.2, -0.15) is 4.68 Å². The maximum Gasteiger partial charge on any atom is 0.369 e. The molecule has 22 heavy (non-hydrogen) atoms. The van der Waals surface area contributed by atoms with Crippen molar-refractivity contribution in [2.75, 3.05) is 0 Å². The SMILES string of the molecule is [3H]c1csc(OCc2c(-n3nnn(C)c3=O)noc2C2CC2)n1. The Morgan fingerprint density at radius 1 is 1.55 bits per heavy atom. The first-order chi connectivity index (χ1) is 11.1. The molecular weight excluding hydrogens is 308 g/mol. The summed E-state index contributed by atoms with van der Waals surface area (Å²) in [7, 11) is 1.51. The quantitative estimate of drug-likeness (QED) is 0.687. The molecule has 0 aliphatic heterocycles. The van der Waals surface area contributed by atoms with E-state index in [-0.39, 0.29) is 18.6 Å². The number of aryl methyl sites for hydroxylation is 1. The third kappa shape index (κ3) is 2.21. The molecular formula is C12H12N6O3S. The minimum Gasteiger partial charge on any atom is -0.465 e. The van der Waals surface area contributed by atoms with E-state index >= 15 is 0 Å². The molecule has 3 heterocycles. The van der Waals surface area contributed by atoms with E-state index in [0.717, 1.165) is 22.2 Å². The Labute approximate surface area is 129 Å². The van der Waals surface area contributed by atoms with Crippen molar-refractivity contribution in [3.05, 3.63) is 33.4 Å². The van der Waals surface area contributed by atoms with Gasteiger partial charge in [-0.1, -0.05) is 16.5 Å². The lowest BCUT2D eigenvalue weighted by Gasteiger charge is -2.03. The van der Waals surface area contributed by atoms with Gasteiger partial charge < -0.3 is 9.26 Å². The Balaban J connectivity index is 1.69. The zero-order valence-electron chi connectivity index (χ0n) is 12.6. The molecule has 3 aromatic heterocycles. The lowest BCUT2D eigenvalue weighted by Crippen LogP contribution is -2.23. The molecule has 0 bridgehead atoms. The fraction of sp³-hybridized carbons (Fsp3) is 0.417. The normalized spacial score (nSPS) is 15.0. The lowest BCUT2D eigenvalue weighted by molar-refractivity contribution is 0.298. The molecule has 1 saturated carbocycles. The predicted molar refractivity (Wildman–Crippen MR) is 75.1 cm³/mol. The van der Waals surface area contributed by atoms with E-state index in [1.54, 1.807) is 5.38 Å². The number of aromatic nitrogens is 6. The number of ether oxygens (including phenoxy) is 1. The van der Waals surface area contributed by atoms with E-state index in [9.17, 15) is 4.79 Å². The molecule has 9 nitrogen and oxygen atoms in total. The average Bonchev–Trinajstić information content (AvgIpc) is 3.03. The molecule has 0 N–H and O–H groups in total. The molecule has 10 heteroatoms. The number of thiazole rings is 1. The second-order valence-electron chi connectivity index (χ2n) is 4.95. The van der Waals surface area contributed by atoms with Crippen LogP contribution in [0.2, 0.25) is 0 Å². The predicted octanol–water partition coefficient (Wildman–Crippen LogP) is 0.867. The molecule has 1 fully saturated rings. The van der Waals surface area contributed by atoms with Crippen LogP contribution in [0.3, 0.4) is 0 Å². The maximum absolute atomic E-state index is 12.0. The van der Waals surface area contributed by atoms with Crippen molar-refractivity contribution in [3.63, 3.8) is 0 Å². The summed E-state index contributed by atoms with van der Waals surface area (Å²) in [5.74, 6) is 1.29. The number of nitrogens with zero attached hydrogens (tertiary/aromatic N) is 6. The van der Waals surface area contributed by atoms with Gasteiger partial charge >= 0.3 is 5.69 Å². The van der Waals surface area contributed by atoms with Gasteiger partial charge in [0.15, 0.2) is 0 Å². The summed E-state index contributed by atoms with van der Waals surface area (Å²) in [4.78, 5) is 16.0. The van der Waals surface area contributed by atoms with E-state index in [2.05, 4.69) is 20.6 Å². The highest BCUT2D eigenvalue weighted by molar-refractivity contribution is 7.11. The molecule has 1 aliphatic rings. The fourth-order valence-corrected chi connectivity index (χ4v) is 2.55. The molecule has 3 aromatic rings. The number of hydrogen-bond donors (Lipinski definition) is 0. The van der Waals surface area contributed by atoms with Crippen molar-refractivity contribution in [3.8, 4) is 11.0 Å². The molecule has 0 unspecified atom stereocenters. The Morgan fingerprint density at radius 3 is 3.05 bits per heavy atom. The van der Waals surface area contributed by atoms with E-state index in [4.69, 9.17) is 10.6 Å². The van der Waals surface area contributed by atoms with Gasteiger partial charge in [0.05, 0.1) is 6.93 Å². The highest BCUT2D eigenvalue weighted by Crippen LogP contribution is 2.43. The lowest BCUT2D eigenvalue weighted by atomic mass is 10.2. The topological polar surface area (TPSA) is 101 Å². The van der Waals surface area contributed by atoms with Crippen LogP contribution in [0.4, 0.5) is 0 Å². The van der Waals surface area contributed by atoms with E-state index in [1.807, 2.05) is 0 Å². The van der Waals surface area contributed by atoms with Crippen molar-refractivity contribution in [2.24, 2.45) is 7.05 Å². The highest BCUT2D eigenvalue weighted by Gasteiger charge is 2.33. The van der Waals surface area contributed by atoms with E-state index in [1.165, 1.54) is 18.4 Å². The Bertz CT molecular complexity index is 908. The van der Waals surface area contributed by atoms with Crippen LogP contribution in [0.1, 0.15) is 31.5 Å². The summed E-state index contributed by atoms with van der Waals surface area (Å²) in [6, 6.07) is 0. The van der Waals surface area contributed by atoms with Crippen LogP contribution in [-0.4, -0.2) is 29.9 Å². The second kappa shape index (κ2) is 5.05. The Kier molecular flexibility index (Phi) is 2.78. The molecule has 0 atom stereocenters. The third-order valence-corrected chi connectivity index (χ3v) is 4.01. The van der Waals surface area contributed by atoms with Gasteiger partial charge in [0, 0.05) is 24.5 Å². The Hall–Kier alpha value is -2.49. The fourth-order valence-electron chi connectivity index (χ4n) is 2.11. The maximum atomic E-state index is 12.0. The molecule has 1 aliphatic carbocycles. The van der Waals surface area contributed by atoms with Gasteiger partial charge in [0.2, 0.25) is 5.82 Å². The van der Waals surface area contributed by atoms with Gasteiger partial charge in [-0.25, -0.2) is 9.78 Å². The van der Waals surface area contributed by atoms with Crippen LogP contribution in [0, 0.1) is 0 Å². The van der Waals surface area contributed by atoms with E-state index in [0.29, 0.717) is 22.4 Å². The second-order valence-corrected chi connectivity index (χ2v) is 5.77. The molecule has 0 spiro atoms. The van der Waals surface area contributed by atoms with Crippen molar-refractivity contribution >= 4 is 11.3 Å². The summed E-state index contributed by atoms with van der Waals surface area (Å²) in [6.45, 7) is 0.140. The van der Waals surface area contributed by atoms with Crippen LogP contribution in [0.15, 0.2) is 20.9 Å². The van der Waals surface area contributed by atoms with Crippen LogP contribution < -0.4 is 10.4 Å². The van der Waals surface area contributed by atoms with Gasteiger partial charge in [0.1, 0.15) is 12.4 Å². The highest BCUT2D eigenvalue weighted by atomic mass is 32.1. The van der Waals surface area contributed by atoms with Crippen LogP contribution in [-0.2, 0) is 13.7 Å². The minimum absolute atomic E-state index is 0.140. The molecule has 0 aromatic carbocycles. The first-order valence-corrected chi connectivity index (χ1v) is 7.54. The van der Waals surface area contributed by atoms with Crippen molar-refractivity contribution < 1.29 is 10.6 Å². The molecule has 4 rings (SSSR count). The van der Waals surface area contributed by atoms with Crippen molar-refractivity contribution in [2.45, 2.75) is 25.4 Å². The van der Waals surface area contributed by atoms with Crippen LogP contribution in [0.25, 0.3) is 5.82 Å². The number of tetrazole rings is 1. The summed E-state index contributed by atoms with van der Waals surface area (Å²) in [5, 5.41) is 13.4. The first-order valence-electron chi connectivity index (χ1n) is 7.16. The van der Waals surface area contributed by atoms with Gasteiger partial charge in [-0.05, 0) is 23.3 Å². The van der Waals surface area contributed by atoms with Crippen molar-refractivity contribution in [1.82, 2.24) is 29.9 Å². The smallest absolute Gasteiger partial charge is 0.369 e. The van der Waals surface area contributed by atoms with Gasteiger partial charge in [-0.15, -0.1) is 4.68 Å². The molecule has 0 saturated heterocycles. The molecule has 114 valence electrons. The van der Waals surface area contributed by atoms with Crippen molar-refractivity contribution in [1.29, 1.82) is 0 Å². The molecule has 0 radical (unpaired) electrons. The standard InChI is InChI=1S/C12H12N6O3S/c1-17-12(19)18(16-15-17)10-8(6-20-11-13-4-5-22-11)9(21-14-10)7-2-3-7/h4-5,7H,2-3,6H2,1H3/i4T.